The van der Waals surface area contributed by atoms with Gasteiger partial charge in [-0.1, -0.05) is 6.42 Å². The number of rotatable bonds is 2. The maximum Gasteiger partial charge on any atom is 0.178 e. The van der Waals surface area contributed by atoms with Gasteiger partial charge in [0.05, 0.1) is 23.7 Å². The number of nitrogens with zero attached hydrogens (tertiary/aromatic N) is 1. The molecule has 1 aliphatic carbocycles. The van der Waals surface area contributed by atoms with Gasteiger partial charge in [-0.2, -0.15) is 5.26 Å². The van der Waals surface area contributed by atoms with Crippen LogP contribution in [0.15, 0.2) is 7.57 Å². The van der Waals surface area contributed by atoms with Gasteiger partial charge < -0.3 is 0 Å². The second-order valence-electron chi connectivity index (χ2n) is 5.15. The van der Waals surface area contributed by atoms with E-state index in [1.54, 1.807) is 0 Å². The molecule has 1 aliphatic rings. The van der Waals surface area contributed by atoms with E-state index in [1.807, 2.05) is 0 Å². The van der Waals surface area contributed by atoms with Gasteiger partial charge in [-0.25, -0.2) is 4.39 Å². The van der Waals surface area contributed by atoms with E-state index in [0.717, 1.165) is 27.7 Å². The van der Waals surface area contributed by atoms with Crippen molar-refractivity contribution in [2.75, 3.05) is 0 Å². The number of carbonyl (C=O) groups excluding carboxylic acids is 1. The highest BCUT2D eigenvalue weighted by atomic mass is 79.9. The Balaban J connectivity index is 1.97. The van der Waals surface area contributed by atoms with Crippen LogP contribution in [0, 0.1) is 29.0 Å². The molecule has 0 radical (unpaired) electrons. The quantitative estimate of drug-likeness (QED) is 0.515. The average Bonchev–Trinajstić information content (AvgIpc) is 2.97. The molecule has 0 aromatic carbocycles. The van der Waals surface area contributed by atoms with Crippen LogP contribution in [0.5, 0.6) is 0 Å². The van der Waals surface area contributed by atoms with Crippen LogP contribution in [0.3, 0.4) is 0 Å². The van der Waals surface area contributed by atoms with Gasteiger partial charge >= 0.3 is 0 Å². The summed E-state index contributed by atoms with van der Waals surface area (Å²) in [7, 11) is 0. The maximum atomic E-state index is 14.6. The third kappa shape index (κ3) is 2.72. The Labute approximate surface area is 146 Å². The predicted molar refractivity (Wildman–Crippen MR) is 90.5 cm³/mol. The fourth-order valence-corrected chi connectivity index (χ4v) is 7.36. The molecule has 2 aromatic rings. The van der Waals surface area contributed by atoms with Gasteiger partial charge in [0.2, 0.25) is 0 Å². The van der Waals surface area contributed by atoms with Gasteiger partial charge in [-0.15, -0.1) is 22.7 Å². The zero-order chi connectivity index (χ0) is 15.1. The number of thiophene rings is 2. The monoisotopic (exact) mass is 449 g/mol. The average molecular weight is 451 g/mol. The smallest absolute Gasteiger partial charge is 0.178 e. The molecule has 2 nitrogen and oxygen atoms in total. The number of hydrogen-bond acceptors (Lipinski definition) is 4. The molecule has 21 heavy (non-hydrogen) atoms. The maximum absolute atomic E-state index is 14.6. The standard InChI is InChI=1S/C14H10Br2FNOS2/c15-13-8-9(17)12(20-11(8)14(16)21-13)10(19)7-3-1-2-6(4-7)5-18/h6-7H,1-4H2. The molecule has 2 heterocycles. The van der Waals surface area contributed by atoms with Gasteiger partial charge in [-0.05, 0) is 51.1 Å². The van der Waals surface area contributed by atoms with Crippen molar-refractivity contribution in [1.82, 2.24) is 0 Å². The Bertz CT molecular complexity index is 761. The van der Waals surface area contributed by atoms with Crippen LogP contribution in [0.25, 0.3) is 10.1 Å². The van der Waals surface area contributed by atoms with Crippen molar-refractivity contribution < 1.29 is 9.18 Å². The van der Waals surface area contributed by atoms with Gasteiger partial charge in [0.25, 0.3) is 0 Å². The van der Waals surface area contributed by atoms with Crippen LogP contribution in [0.4, 0.5) is 4.39 Å². The van der Waals surface area contributed by atoms with Crippen molar-refractivity contribution in [2.45, 2.75) is 25.7 Å². The van der Waals surface area contributed by atoms with Gasteiger partial charge in [0.15, 0.2) is 11.6 Å². The Morgan fingerprint density at radius 2 is 2.05 bits per heavy atom. The lowest BCUT2D eigenvalue weighted by Crippen LogP contribution is -2.22. The topological polar surface area (TPSA) is 40.9 Å². The lowest BCUT2D eigenvalue weighted by Gasteiger charge is -2.23. The number of ketones is 1. The van der Waals surface area contributed by atoms with Crippen molar-refractivity contribution in [3.8, 4) is 6.07 Å². The minimum atomic E-state index is -0.423. The van der Waals surface area contributed by atoms with Crippen LogP contribution in [-0.2, 0) is 0 Å². The first-order valence-corrected chi connectivity index (χ1v) is 9.74. The minimum Gasteiger partial charge on any atom is -0.293 e. The summed E-state index contributed by atoms with van der Waals surface area (Å²) in [6, 6.07) is 2.24. The van der Waals surface area contributed by atoms with Crippen molar-refractivity contribution in [3.63, 3.8) is 0 Å². The zero-order valence-electron chi connectivity index (χ0n) is 10.8. The van der Waals surface area contributed by atoms with Crippen molar-refractivity contribution >= 4 is 70.4 Å². The third-order valence-corrected chi connectivity index (χ3v) is 7.98. The summed E-state index contributed by atoms with van der Waals surface area (Å²) in [6.07, 6.45) is 3.02. The highest BCUT2D eigenvalue weighted by molar-refractivity contribution is 9.12. The van der Waals surface area contributed by atoms with E-state index in [4.69, 9.17) is 5.26 Å². The van der Waals surface area contributed by atoms with Crippen molar-refractivity contribution in [2.24, 2.45) is 11.8 Å². The summed E-state index contributed by atoms with van der Waals surface area (Å²) in [5.74, 6) is -0.859. The normalized spacial score (nSPS) is 22.4. The SMILES string of the molecule is N#CC1CCCC(C(=O)c2sc3c(Br)sc(Br)c3c2F)C1. The minimum absolute atomic E-state index is 0.0743. The van der Waals surface area contributed by atoms with E-state index in [9.17, 15) is 9.18 Å². The van der Waals surface area contributed by atoms with Crippen LogP contribution >= 0.6 is 54.5 Å². The van der Waals surface area contributed by atoms with E-state index in [2.05, 4.69) is 37.9 Å². The van der Waals surface area contributed by atoms with E-state index in [-0.39, 0.29) is 22.5 Å². The summed E-state index contributed by atoms with van der Waals surface area (Å²) >= 11 is 9.38. The Kier molecular flexibility index (Phi) is 4.51. The highest BCUT2D eigenvalue weighted by Gasteiger charge is 2.32. The number of hydrogen-bond donors (Lipinski definition) is 0. The molecule has 110 valence electrons. The molecule has 0 N–H and O–H groups in total. The molecule has 0 spiro atoms. The van der Waals surface area contributed by atoms with Crippen LogP contribution in [-0.4, -0.2) is 5.78 Å². The summed E-state index contributed by atoms with van der Waals surface area (Å²) in [5, 5.41) is 9.52. The first-order chi connectivity index (χ1) is 10.0. The number of halogens is 3. The van der Waals surface area contributed by atoms with Gasteiger partial charge in [-0.3, -0.25) is 4.79 Å². The summed E-state index contributed by atoms with van der Waals surface area (Å²) in [4.78, 5) is 12.8. The van der Waals surface area contributed by atoms with Crippen molar-refractivity contribution in [3.05, 3.63) is 18.3 Å². The van der Waals surface area contributed by atoms with Gasteiger partial charge in [0.1, 0.15) is 4.88 Å². The molecule has 0 amide bonds. The predicted octanol–water partition coefficient (Wildman–Crippen LogP) is 6.14. The first kappa shape index (κ1) is 15.6. The lowest BCUT2D eigenvalue weighted by molar-refractivity contribution is 0.0877. The zero-order valence-corrected chi connectivity index (χ0v) is 15.6. The molecule has 1 fully saturated rings. The van der Waals surface area contributed by atoms with E-state index >= 15 is 0 Å². The van der Waals surface area contributed by atoms with Crippen LogP contribution in [0.1, 0.15) is 35.4 Å². The van der Waals surface area contributed by atoms with Gasteiger partial charge in [0, 0.05) is 11.8 Å². The van der Waals surface area contributed by atoms with Crippen LogP contribution in [0.2, 0.25) is 0 Å². The summed E-state index contributed by atoms with van der Waals surface area (Å²) < 4.78 is 16.9. The molecule has 7 heteroatoms. The molecule has 0 bridgehead atoms. The largest absolute Gasteiger partial charge is 0.293 e. The summed E-state index contributed by atoms with van der Waals surface area (Å²) in [5.41, 5.74) is 0. The molecule has 1 saturated carbocycles. The number of fused-ring (bicyclic) bond motifs is 1. The molecule has 2 aromatic heterocycles. The third-order valence-electron chi connectivity index (χ3n) is 3.86. The summed E-state index contributed by atoms with van der Waals surface area (Å²) in [6.45, 7) is 0. The fourth-order valence-electron chi connectivity index (χ4n) is 2.79. The molecule has 0 saturated heterocycles. The second kappa shape index (κ2) is 6.07. The molecular weight excluding hydrogens is 441 g/mol. The second-order valence-corrected chi connectivity index (χ2v) is 9.83. The molecular formula is C14H10Br2FNOS2. The number of Topliss-reactive ketones (excluding diaryl/α,β-unsaturated/α-hetero) is 1. The first-order valence-electron chi connectivity index (χ1n) is 6.52. The molecule has 2 atom stereocenters. The molecule has 3 rings (SSSR count). The lowest BCUT2D eigenvalue weighted by atomic mass is 9.79. The van der Waals surface area contributed by atoms with E-state index in [0.29, 0.717) is 15.6 Å². The Morgan fingerprint density at radius 1 is 1.29 bits per heavy atom. The van der Waals surface area contributed by atoms with E-state index < -0.39 is 5.82 Å². The Hall–Kier alpha value is -0.290. The van der Waals surface area contributed by atoms with E-state index in [1.165, 1.54) is 22.7 Å². The highest BCUT2D eigenvalue weighted by Crippen LogP contribution is 2.46. The molecule has 2 unspecified atom stereocenters. The molecule has 0 aliphatic heterocycles. The van der Waals surface area contributed by atoms with Crippen molar-refractivity contribution in [1.29, 1.82) is 5.26 Å². The fraction of sp³-hybridized carbons (Fsp3) is 0.429. The number of carbonyl (C=O) groups is 1. The number of nitriles is 1. The Morgan fingerprint density at radius 3 is 2.71 bits per heavy atom. The van der Waals surface area contributed by atoms with Crippen LogP contribution < -0.4 is 0 Å².